The number of aromatic nitrogens is 2. The first-order valence-corrected chi connectivity index (χ1v) is 5.43. The highest BCUT2D eigenvalue weighted by atomic mass is 16.3. The number of nitrogens with zero attached hydrogens (tertiary/aromatic N) is 3. The van der Waals surface area contributed by atoms with E-state index in [4.69, 9.17) is 0 Å². The fourth-order valence-corrected chi connectivity index (χ4v) is 1.45. The number of rotatable bonds is 5. The first-order valence-electron chi connectivity index (χ1n) is 5.43. The van der Waals surface area contributed by atoms with Gasteiger partial charge in [0.1, 0.15) is 11.6 Å². The monoisotopic (exact) mass is 224 g/mol. The maximum atomic E-state index is 9.80. The Hall–Kier alpha value is -1.36. The van der Waals surface area contributed by atoms with Crippen molar-refractivity contribution in [3.05, 3.63) is 12.4 Å². The molecular weight excluding hydrogens is 204 g/mol. The van der Waals surface area contributed by atoms with Gasteiger partial charge < -0.3 is 15.3 Å². The molecule has 0 aliphatic rings. The summed E-state index contributed by atoms with van der Waals surface area (Å²) in [5, 5.41) is 12.7. The van der Waals surface area contributed by atoms with Crippen LogP contribution >= 0.6 is 0 Å². The van der Waals surface area contributed by atoms with Gasteiger partial charge in [0.15, 0.2) is 0 Å². The van der Waals surface area contributed by atoms with Gasteiger partial charge >= 0.3 is 0 Å². The third-order valence-corrected chi connectivity index (χ3v) is 2.16. The van der Waals surface area contributed by atoms with E-state index in [1.165, 1.54) is 0 Å². The van der Waals surface area contributed by atoms with Crippen LogP contribution in [0.1, 0.15) is 20.8 Å². The van der Waals surface area contributed by atoms with Crippen molar-refractivity contribution in [2.45, 2.75) is 26.4 Å². The summed E-state index contributed by atoms with van der Waals surface area (Å²) in [6.07, 6.45) is 3.37. The summed E-state index contributed by atoms with van der Waals surface area (Å²) in [4.78, 5) is 10.5. The fourth-order valence-electron chi connectivity index (χ4n) is 1.45. The minimum Gasteiger partial charge on any atom is -0.389 e. The maximum absolute atomic E-state index is 9.80. The van der Waals surface area contributed by atoms with Crippen molar-refractivity contribution in [3.63, 3.8) is 0 Å². The standard InChI is InChI=1S/C11H20N4O/c1-5-15(8-11(2,3)16)10-7-13-6-9(12-4)14-10/h6-7,16H,5,8H2,1-4H3,(H,12,14). The number of anilines is 2. The lowest BCUT2D eigenvalue weighted by Crippen LogP contribution is -2.39. The molecule has 2 N–H and O–H groups in total. The maximum Gasteiger partial charge on any atom is 0.149 e. The van der Waals surface area contributed by atoms with Crippen molar-refractivity contribution in [2.75, 3.05) is 30.4 Å². The number of hydrogen-bond acceptors (Lipinski definition) is 5. The molecule has 1 aromatic rings. The zero-order valence-corrected chi connectivity index (χ0v) is 10.4. The van der Waals surface area contributed by atoms with Crippen LogP contribution in [-0.2, 0) is 0 Å². The van der Waals surface area contributed by atoms with Gasteiger partial charge in [0.25, 0.3) is 0 Å². The summed E-state index contributed by atoms with van der Waals surface area (Å²) in [7, 11) is 1.81. The Kier molecular flexibility index (Phi) is 4.06. The van der Waals surface area contributed by atoms with Crippen LogP contribution in [0, 0.1) is 0 Å². The van der Waals surface area contributed by atoms with E-state index in [1.54, 1.807) is 33.3 Å². The van der Waals surface area contributed by atoms with Crippen molar-refractivity contribution in [3.8, 4) is 0 Å². The second kappa shape index (κ2) is 5.12. The largest absolute Gasteiger partial charge is 0.389 e. The molecule has 0 aromatic carbocycles. The third kappa shape index (κ3) is 3.66. The van der Waals surface area contributed by atoms with Gasteiger partial charge in [-0.25, -0.2) is 4.98 Å². The molecule has 0 atom stereocenters. The summed E-state index contributed by atoms with van der Waals surface area (Å²) >= 11 is 0. The van der Waals surface area contributed by atoms with Gasteiger partial charge in [-0.3, -0.25) is 4.98 Å². The molecule has 0 saturated carbocycles. The lowest BCUT2D eigenvalue weighted by atomic mass is 10.1. The van der Waals surface area contributed by atoms with Crippen molar-refractivity contribution >= 4 is 11.6 Å². The lowest BCUT2D eigenvalue weighted by Gasteiger charge is -2.28. The van der Waals surface area contributed by atoms with Crippen LogP contribution in [0.3, 0.4) is 0 Å². The van der Waals surface area contributed by atoms with Crippen molar-refractivity contribution < 1.29 is 5.11 Å². The summed E-state index contributed by atoms with van der Waals surface area (Å²) < 4.78 is 0. The number of hydrogen-bond donors (Lipinski definition) is 2. The molecule has 5 heteroatoms. The molecule has 1 rings (SSSR count). The Bertz CT molecular complexity index is 335. The van der Waals surface area contributed by atoms with Crippen molar-refractivity contribution in [1.29, 1.82) is 0 Å². The molecule has 16 heavy (non-hydrogen) atoms. The average Bonchev–Trinajstić information content (AvgIpc) is 2.25. The Balaban J connectivity index is 2.86. The van der Waals surface area contributed by atoms with Crippen LogP contribution in [0.2, 0.25) is 0 Å². The molecule has 0 unspecified atom stereocenters. The minimum absolute atomic E-state index is 0.533. The molecular formula is C11H20N4O. The topological polar surface area (TPSA) is 61.3 Å². The van der Waals surface area contributed by atoms with Gasteiger partial charge in [-0.1, -0.05) is 0 Å². The van der Waals surface area contributed by atoms with Gasteiger partial charge in [-0.05, 0) is 20.8 Å². The third-order valence-electron chi connectivity index (χ3n) is 2.16. The molecule has 5 nitrogen and oxygen atoms in total. The van der Waals surface area contributed by atoms with Crippen molar-refractivity contribution in [2.24, 2.45) is 0 Å². The van der Waals surface area contributed by atoms with Gasteiger partial charge in [-0.15, -0.1) is 0 Å². The van der Waals surface area contributed by atoms with E-state index in [0.717, 1.165) is 18.2 Å². The van der Waals surface area contributed by atoms with Crippen molar-refractivity contribution in [1.82, 2.24) is 9.97 Å². The van der Waals surface area contributed by atoms with Gasteiger partial charge in [0, 0.05) is 20.1 Å². The zero-order valence-electron chi connectivity index (χ0n) is 10.4. The predicted molar refractivity (Wildman–Crippen MR) is 65.8 cm³/mol. The molecule has 1 aromatic heterocycles. The molecule has 1 heterocycles. The molecule has 0 aliphatic heterocycles. The molecule has 0 amide bonds. The van der Waals surface area contributed by atoms with E-state index < -0.39 is 5.60 Å². The minimum atomic E-state index is -0.743. The highest BCUT2D eigenvalue weighted by Gasteiger charge is 2.18. The Morgan fingerprint density at radius 2 is 2.12 bits per heavy atom. The zero-order chi connectivity index (χ0) is 12.2. The SMILES string of the molecule is CCN(CC(C)(C)O)c1cncc(NC)n1. The molecule has 0 fully saturated rings. The molecule has 0 bridgehead atoms. The fraction of sp³-hybridized carbons (Fsp3) is 0.636. The second-order valence-corrected chi connectivity index (χ2v) is 4.34. The van der Waals surface area contributed by atoms with Crippen LogP contribution in [-0.4, -0.2) is 40.8 Å². The first kappa shape index (κ1) is 12.7. The van der Waals surface area contributed by atoms with Gasteiger partial charge in [0.2, 0.25) is 0 Å². The highest BCUT2D eigenvalue weighted by molar-refractivity contribution is 5.43. The molecule has 90 valence electrons. The van der Waals surface area contributed by atoms with E-state index in [9.17, 15) is 5.11 Å². The Labute approximate surface area is 96.5 Å². The molecule has 0 saturated heterocycles. The van der Waals surface area contributed by atoms with Gasteiger partial charge in [-0.2, -0.15) is 0 Å². The normalized spacial score (nSPS) is 11.3. The molecule has 0 radical (unpaired) electrons. The van der Waals surface area contributed by atoms with E-state index in [1.807, 2.05) is 11.8 Å². The lowest BCUT2D eigenvalue weighted by molar-refractivity contribution is 0.0874. The second-order valence-electron chi connectivity index (χ2n) is 4.34. The van der Waals surface area contributed by atoms with E-state index in [0.29, 0.717) is 6.54 Å². The van der Waals surface area contributed by atoms with E-state index in [2.05, 4.69) is 15.3 Å². The molecule has 0 spiro atoms. The van der Waals surface area contributed by atoms with Crippen LogP contribution in [0.4, 0.5) is 11.6 Å². The quantitative estimate of drug-likeness (QED) is 0.784. The molecule has 0 aliphatic carbocycles. The summed E-state index contributed by atoms with van der Waals surface area (Å²) in [5.41, 5.74) is -0.743. The predicted octanol–water partition coefficient (Wildman–Crippen LogP) is 1.12. The van der Waals surface area contributed by atoms with E-state index >= 15 is 0 Å². The highest BCUT2D eigenvalue weighted by Crippen LogP contribution is 2.15. The number of likely N-dealkylation sites (N-methyl/N-ethyl adjacent to an activating group) is 1. The first-order chi connectivity index (χ1) is 7.46. The van der Waals surface area contributed by atoms with Crippen LogP contribution < -0.4 is 10.2 Å². The smallest absolute Gasteiger partial charge is 0.149 e. The number of aliphatic hydroxyl groups is 1. The van der Waals surface area contributed by atoms with E-state index in [-0.39, 0.29) is 0 Å². The Morgan fingerprint density at radius 3 is 2.62 bits per heavy atom. The van der Waals surface area contributed by atoms with Crippen LogP contribution in [0.5, 0.6) is 0 Å². The summed E-state index contributed by atoms with van der Waals surface area (Å²) in [6, 6.07) is 0. The average molecular weight is 224 g/mol. The Morgan fingerprint density at radius 1 is 1.44 bits per heavy atom. The van der Waals surface area contributed by atoms with Crippen LogP contribution in [0.15, 0.2) is 12.4 Å². The summed E-state index contributed by atoms with van der Waals surface area (Å²) in [6.45, 7) is 6.91. The van der Waals surface area contributed by atoms with Crippen LogP contribution in [0.25, 0.3) is 0 Å². The number of nitrogens with one attached hydrogen (secondary N) is 1. The summed E-state index contributed by atoms with van der Waals surface area (Å²) in [5.74, 6) is 1.50. The van der Waals surface area contributed by atoms with Gasteiger partial charge in [0.05, 0.1) is 18.0 Å².